The molecule has 3 aromatic rings. The maximum atomic E-state index is 12.8. The smallest absolute Gasteiger partial charge is 0.262 e. The summed E-state index contributed by atoms with van der Waals surface area (Å²) in [6, 6.07) is 13.2. The Kier molecular flexibility index (Phi) is 4.39. The lowest BCUT2D eigenvalue weighted by molar-refractivity contribution is -0.118. The predicted octanol–water partition coefficient (Wildman–Crippen LogP) is 3.65. The third kappa shape index (κ3) is 3.44. The second-order valence-electron chi connectivity index (χ2n) is 6.18. The summed E-state index contributed by atoms with van der Waals surface area (Å²) in [6.07, 6.45) is 4.07. The molecule has 1 N–H and O–H groups in total. The van der Waals surface area contributed by atoms with Gasteiger partial charge in [-0.05, 0) is 48.4 Å². The number of carbonyl (C=O) groups is 1. The molecule has 1 amide bonds. The van der Waals surface area contributed by atoms with Gasteiger partial charge in [0.15, 0.2) is 6.61 Å². The molecule has 0 atom stereocenters. The van der Waals surface area contributed by atoms with E-state index in [1.807, 2.05) is 30.5 Å². The SMILES string of the molecule is O=C(COc1ccc(F)cc1)Nc1ccc(-c2cnc3n2CCC3)cc1. The molecule has 2 heterocycles. The molecular formula is C20H18FN3O2. The number of carbonyl (C=O) groups excluding carboxylic acids is 1. The van der Waals surface area contributed by atoms with Gasteiger partial charge in [-0.2, -0.15) is 0 Å². The summed E-state index contributed by atoms with van der Waals surface area (Å²) in [5, 5.41) is 2.79. The number of fused-ring (bicyclic) bond motifs is 1. The number of imidazole rings is 1. The van der Waals surface area contributed by atoms with Crippen molar-refractivity contribution in [3.05, 3.63) is 66.4 Å². The van der Waals surface area contributed by atoms with Crippen molar-refractivity contribution in [2.24, 2.45) is 0 Å². The first kappa shape index (κ1) is 16.3. The molecule has 1 aromatic heterocycles. The van der Waals surface area contributed by atoms with Gasteiger partial charge in [-0.15, -0.1) is 0 Å². The van der Waals surface area contributed by atoms with Crippen LogP contribution in [0.2, 0.25) is 0 Å². The molecule has 0 bridgehead atoms. The summed E-state index contributed by atoms with van der Waals surface area (Å²) < 4.78 is 20.4. The summed E-state index contributed by atoms with van der Waals surface area (Å²) in [5.74, 6) is 0.972. The van der Waals surface area contributed by atoms with Crippen molar-refractivity contribution in [2.45, 2.75) is 19.4 Å². The maximum Gasteiger partial charge on any atom is 0.262 e. The van der Waals surface area contributed by atoms with Gasteiger partial charge in [0.25, 0.3) is 5.91 Å². The summed E-state index contributed by atoms with van der Waals surface area (Å²) in [5.41, 5.74) is 2.88. The lowest BCUT2D eigenvalue weighted by atomic mass is 10.1. The standard InChI is InChI=1S/C20H18FN3O2/c21-15-5-9-17(10-6-15)26-13-20(25)23-16-7-3-14(4-8-16)18-12-22-19-2-1-11-24(18)19/h3-10,12H,1-2,11,13H2,(H,23,25). The summed E-state index contributed by atoms with van der Waals surface area (Å²) >= 11 is 0. The van der Waals surface area contributed by atoms with Gasteiger partial charge in [0.2, 0.25) is 0 Å². The molecular weight excluding hydrogens is 333 g/mol. The van der Waals surface area contributed by atoms with Crippen LogP contribution < -0.4 is 10.1 Å². The van der Waals surface area contributed by atoms with Gasteiger partial charge >= 0.3 is 0 Å². The molecule has 0 spiro atoms. The van der Waals surface area contributed by atoms with Crippen molar-refractivity contribution in [3.8, 4) is 17.0 Å². The van der Waals surface area contributed by atoms with Crippen LogP contribution in [0.4, 0.5) is 10.1 Å². The summed E-state index contributed by atoms with van der Waals surface area (Å²) in [7, 11) is 0. The molecule has 0 saturated carbocycles. The number of benzene rings is 2. The fourth-order valence-electron chi connectivity index (χ4n) is 3.09. The Bertz CT molecular complexity index is 917. The van der Waals surface area contributed by atoms with E-state index in [4.69, 9.17) is 4.74 Å². The number of ether oxygens (including phenoxy) is 1. The van der Waals surface area contributed by atoms with E-state index in [0.29, 0.717) is 11.4 Å². The number of nitrogens with zero attached hydrogens (tertiary/aromatic N) is 2. The second-order valence-corrected chi connectivity index (χ2v) is 6.18. The Hall–Kier alpha value is -3.15. The zero-order valence-corrected chi connectivity index (χ0v) is 14.1. The van der Waals surface area contributed by atoms with E-state index < -0.39 is 0 Å². The highest BCUT2D eigenvalue weighted by molar-refractivity contribution is 5.92. The molecule has 0 radical (unpaired) electrons. The largest absolute Gasteiger partial charge is 0.484 e. The lowest BCUT2D eigenvalue weighted by Gasteiger charge is -2.09. The number of rotatable bonds is 5. The van der Waals surface area contributed by atoms with Gasteiger partial charge in [0.1, 0.15) is 17.4 Å². The molecule has 0 saturated heterocycles. The van der Waals surface area contributed by atoms with E-state index in [2.05, 4.69) is 14.9 Å². The normalized spacial score (nSPS) is 12.7. The molecule has 1 aliphatic heterocycles. The number of anilines is 1. The number of amides is 1. The van der Waals surface area contributed by atoms with Crippen LogP contribution in [-0.4, -0.2) is 22.1 Å². The molecule has 0 aliphatic carbocycles. The van der Waals surface area contributed by atoms with Crippen molar-refractivity contribution in [1.82, 2.24) is 9.55 Å². The van der Waals surface area contributed by atoms with Crippen LogP contribution in [0, 0.1) is 5.82 Å². The highest BCUT2D eigenvalue weighted by Crippen LogP contribution is 2.26. The summed E-state index contributed by atoms with van der Waals surface area (Å²) in [6.45, 7) is 0.868. The fourth-order valence-corrected chi connectivity index (χ4v) is 3.09. The summed E-state index contributed by atoms with van der Waals surface area (Å²) in [4.78, 5) is 16.5. The van der Waals surface area contributed by atoms with E-state index in [9.17, 15) is 9.18 Å². The minimum Gasteiger partial charge on any atom is -0.484 e. The van der Waals surface area contributed by atoms with Crippen LogP contribution >= 0.6 is 0 Å². The van der Waals surface area contributed by atoms with Crippen LogP contribution in [0.25, 0.3) is 11.3 Å². The van der Waals surface area contributed by atoms with E-state index in [1.165, 1.54) is 24.3 Å². The minimum atomic E-state index is -0.342. The Balaban J connectivity index is 1.36. The molecule has 0 unspecified atom stereocenters. The number of nitrogens with one attached hydrogen (secondary N) is 1. The molecule has 26 heavy (non-hydrogen) atoms. The maximum absolute atomic E-state index is 12.8. The quantitative estimate of drug-likeness (QED) is 0.763. The Morgan fingerprint density at radius 2 is 1.92 bits per heavy atom. The zero-order chi connectivity index (χ0) is 17.9. The van der Waals surface area contributed by atoms with Crippen molar-refractivity contribution in [2.75, 3.05) is 11.9 Å². The van der Waals surface area contributed by atoms with Gasteiger partial charge < -0.3 is 14.6 Å². The third-order valence-corrected chi connectivity index (χ3v) is 4.37. The van der Waals surface area contributed by atoms with Crippen LogP contribution in [-0.2, 0) is 17.8 Å². The van der Waals surface area contributed by atoms with Crippen LogP contribution in [0.3, 0.4) is 0 Å². The van der Waals surface area contributed by atoms with Crippen LogP contribution in [0.5, 0.6) is 5.75 Å². The number of aromatic nitrogens is 2. The van der Waals surface area contributed by atoms with Crippen LogP contribution in [0.15, 0.2) is 54.7 Å². The third-order valence-electron chi connectivity index (χ3n) is 4.37. The molecule has 132 valence electrons. The first-order chi connectivity index (χ1) is 12.7. The van der Waals surface area contributed by atoms with Gasteiger partial charge in [0.05, 0.1) is 11.9 Å². The first-order valence-electron chi connectivity index (χ1n) is 8.52. The van der Waals surface area contributed by atoms with Crippen LogP contribution in [0.1, 0.15) is 12.2 Å². The molecule has 2 aromatic carbocycles. The number of hydrogen-bond donors (Lipinski definition) is 1. The highest BCUT2D eigenvalue weighted by Gasteiger charge is 2.16. The Morgan fingerprint density at radius 3 is 2.69 bits per heavy atom. The Labute approximate surface area is 150 Å². The van der Waals surface area contributed by atoms with E-state index in [0.717, 1.165) is 36.5 Å². The zero-order valence-electron chi connectivity index (χ0n) is 14.1. The van der Waals surface area contributed by atoms with E-state index >= 15 is 0 Å². The van der Waals surface area contributed by atoms with E-state index in [-0.39, 0.29) is 18.3 Å². The first-order valence-corrected chi connectivity index (χ1v) is 8.52. The van der Waals surface area contributed by atoms with Gasteiger partial charge in [0, 0.05) is 18.7 Å². The molecule has 0 fully saturated rings. The van der Waals surface area contributed by atoms with Crippen molar-refractivity contribution >= 4 is 11.6 Å². The predicted molar refractivity (Wildman–Crippen MR) is 96.5 cm³/mol. The average Bonchev–Trinajstić information content (AvgIpc) is 3.26. The monoisotopic (exact) mass is 351 g/mol. The van der Waals surface area contributed by atoms with Gasteiger partial charge in [-0.25, -0.2) is 9.37 Å². The Morgan fingerprint density at radius 1 is 1.15 bits per heavy atom. The van der Waals surface area contributed by atoms with E-state index in [1.54, 1.807) is 0 Å². The number of aryl methyl sites for hydroxylation is 1. The number of halogens is 1. The lowest BCUT2D eigenvalue weighted by Crippen LogP contribution is -2.20. The van der Waals surface area contributed by atoms with Crippen molar-refractivity contribution in [1.29, 1.82) is 0 Å². The number of hydrogen-bond acceptors (Lipinski definition) is 3. The average molecular weight is 351 g/mol. The molecule has 5 nitrogen and oxygen atoms in total. The van der Waals surface area contributed by atoms with Crippen molar-refractivity contribution < 1.29 is 13.9 Å². The van der Waals surface area contributed by atoms with Gasteiger partial charge in [-0.3, -0.25) is 4.79 Å². The fraction of sp³-hybridized carbons (Fsp3) is 0.200. The topological polar surface area (TPSA) is 56.1 Å². The van der Waals surface area contributed by atoms with Crippen molar-refractivity contribution in [3.63, 3.8) is 0 Å². The second kappa shape index (κ2) is 7.00. The molecule has 1 aliphatic rings. The van der Waals surface area contributed by atoms with Gasteiger partial charge in [-0.1, -0.05) is 12.1 Å². The minimum absolute atomic E-state index is 0.135. The molecule has 4 rings (SSSR count). The molecule has 6 heteroatoms. The highest BCUT2D eigenvalue weighted by atomic mass is 19.1.